The Labute approximate surface area is 201 Å². The van der Waals surface area contributed by atoms with Crippen molar-refractivity contribution in [3.8, 4) is 0 Å². The van der Waals surface area contributed by atoms with E-state index in [4.69, 9.17) is 15.9 Å². The van der Waals surface area contributed by atoms with Crippen LogP contribution in [0.4, 0.5) is 17.5 Å². The quantitative estimate of drug-likeness (QED) is 0.256. The van der Waals surface area contributed by atoms with Crippen molar-refractivity contribution in [1.29, 1.82) is 0 Å². The fourth-order valence-electron chi connectivity index (χ4n) is 2.95. The summed E-state index contributed by atoms with van der Waals surface area (Å²) in [5.41, 5.74) is 9.23. The minimum absolute atomic E-state index is 0.112. The van der Waals surface area contributed by atoms with Gasteiger partial charge in [-0.3, -0.25) is 14.4 Å². The number of nitrogens with zero attached hydrogens (tertiary/aromatic N) is 5. The second-order valence-corrected chi connectivity index (χ2v) is 7.39. The molecule has 0 unspecified atom stereocenters. The van der Waals surface area contributed by atoms with Crippen molar-refractivity contribution in [2.24, 2.45) is 0 Å². The van der Waals surface area contributed by atoms with Crippen molar-refractivity contribution in [2.75, 3.05) is 37.1 Å². The molecular formula is C22H28N8O5. The zero-order valence-corrected chi connectivity index (χ0v) is 19.6. The number of hydrogen-bond donors (Lipinski definition) is 5. The molecule has 3 rings (SSSR count). The molecule has 0 bridgehead atoms. The molecule has 0 spiro atoms. The normalized spacial score (nSPS) is 11.2. The van der Waals surface area contributed by atoms with Gasteiger partial charge in [-0.25, -0.2) is 9.97 Å². The van der Waals surface area contributed by atoms with Gasteiger partial charge in [0.25, 0.3) is 0 Å². The molecule has 13 nitrogen and oxygen atoms in total. The number of aromatic nitrogens is 4. The van der Waals surface area contributed by atoms with Gasteiger partial charge in [0.1, 0.15) is 12.3 Å². The number of aldehydes is 1. The first-order chi connectivity index (χ1) is 16.7. The minimum atomic E-state index is -1.02. The van der Waals surface area contributed by atoms with Gasteiger partial charge in [0.15, 0.2) is 17.0 Å². The number of fused-ring (bicyclic) bond motifs is 1. The Kier molecular flexibility index (Phi) is 9.78. The van der Waals surface area contributed by atoms with E-state index in [1.54, 1.807) is 25.4 Å². The van der Waals surface area contributed by atoms with Gasteiger partial charge in [-0.05, 0) is 37.7 Å². The van der Waals surface area contributed by atoms with Gasteiger partial charge in [0.2, 0.25) is 5.95 Å². The van der Waals surface area contributed by atoms with Gasteiger partial charge >= 0.3 is 11.9 Å². The van der Waals surface area contributed by atoms with Crippen LogP contribution >= 0.6 is 0 Å². The molecule has 0 fully saturated rings. The van der Waals surface area contributed by atoms with Crippen molar-refractivity contribution >= 4 is 46.8 Å². The minimum Gasteiger partial charge on any atom is -0.481 e. The molecular weight excluding hydrogens is 456 g/mol. The van der Waals surface area contributed by atoms with Crippen LogP contribution in [0.5, 0.6) is 0 Å². The molecule has 35 heavy (non-hydrogen) atoms. The Morgan fingerprint density at radius 3 is 2.37 bits per heavy atom. The Morgan fingerprint density at radius 2 is 1.83 bits per heavy atom. The number of likely N-dealkylation sites (N-methyl/N-ethyl adjacent to an activating group) is 1. The van der Waals surface area contributed by atoms with E-state index in [0.717, 1.165) is 17.7 Å². The Balaban J connectivity index is 0.000000334. The van der Waals surface area contributed by atoms with E-state index < -0.39 is 18.0 Å². The number of carbonyl (C=O) groups is 3. The Morgan fingerprint density at radius 1 is 1.14 bits per heavy atom. The summed E-state index contributed by atoms with van der Waals surface area (Å²) in [7, 11) is 5.14. The van der Waals surface area contributed by atoms with Gasteiger partial charge in [-0.2, -0.15) is 9.97 Å². The van der Waals surface area contributed by atoms with Crippen molar-refractivity contribution < 1.29 is 24.6 Å². The largest absolute Gasteiger partial charge is 0.481 e. The number of benzene rings is 1. The Bertz CT molecular complexity index is 1170. The third-order valence-electron chi connectivity index (χ3n) is 4.87. The summed E-state index contributed by atoms with van der Waals surface area (Å²) >= 11 is 0. The van der Waals surface area contributed by atoms with Crippen LogP contribution < -0.4 is 21.3 Å². The van der Waals surface area contributed by atoms with Crippen LogP contribution in [0.1, 0.15) is 28.9 Å². The van der Waals surface area contributed by atoms with Crippen LogP contribution in [-0.4, -0.2) is 75.6 Å². The van der Waals surface area contributed by atoms with Crippen molar-refractivity contribution in [3.63, 3.8) is 0 Å². The summed E-state index contributed by atoms with van der Waals surface area (Å²) in [6.45, 7) is 0.538. The summed E-state index contributed by atoms with van der Waals surface area (Å²) in [5, 5.41) is 22.0. The lowest BCUT2D eigenvalue weighted by atomic mass is 10.1. The summed E-state index contributed by atoms with van der Waals surface area (Å²) in [5.74, 6) is -1.30. The van der Waals surface area contributed by atoms with E-state index in [1.807, 2.05) is 24.1 Å². The van der Waals surface area contributed by atoms with Crippen LogP contribution in [0.25, 0.3) is 11.2 Å². The maximum Gasteiger partial charge on any atom is 0.320 e. The smallest absolute Gasteiger partial charge is 0.320 e. The van der Waals surface area contributed by atoms with Crippen LogP contribution in [-0.2, 0) is 16.1 Å². The number of rotatable bonds is 10. The topological polar surface area (TPSA) is 197 Å². The molecule has 0 saturated heterocycles. The molecule has 1 atom stereocenters. The molecule has 6 N–H and O–H groups in total. The molecule has 186 valence electrons. The number of hydrogen-bond acceptors (Lipinski definition) is 11. The maximum atomic E-state index is 10.7. The van der Waals surface area contributed by atoms with Gasteiger partial charge in [0, 0.05) is 31.8 Å². The summed E-state index contributed by atoms with van der Waals surface area (Å²) in [4.78, 5) is 50.2. The van der Waals surface area contributed by atoms with E-state index >= 15 is 0 Å². The zero-order valence-electron chi connectivity index (χ0n) is 19.6. The van der Waals surface area contributed by atoms with E-state index in [1.165, 1.54) is 7.05 Å². The number of carboxylic acids is 2. The van der Waals surface area contributed by atoms with Crippen LogP contribution in [0.2, 0.25) is 0 Å². The highest BCUT2D eigenvalue weighted by atomic mass is 16.4. The van der Waals surface area contributed by atoms with Crippen LogP contribution in [0.3, 0.4) is 0 Å². The summed E-state index contributed by atoms with van der Waals surface area (Å²) in [6, 6.07) is 6.56. The SMILES string of the molecule is CN[C@@H](CCC(=O)O)C(=O)O.CNc1nc(N)c2nc(CN(C)c3ccc(C=O)cc3)cnc2n1. The second kappa shape index (κ2) is 12.7. The number of nitrogen functional groups attached to an aromatic ring is 1. The predicted octanol–water partition coefficient (Wildman–Crippen LogP) is 1.02. The molecule has 0 amide bonds. The lowest BCUT2D eigenvalue weighted by Crippen LogP contribution is -2.34. The average molecular weight is 485 g/mol. The molecule has 1 aromatic carbocycles. The first-order valence-corrected chi connectivity index (χ1v) is 10.5. The first kappa shape index (κ1) is 26.9. The molecule has 0 radical (unpaired) electrons. The van der Waals surface area contributed by atoms with Gasteiger partial charge in [0.05, 0.1) is 18.4 Å². The lowest BCUT2D eigenvalue weighted by molar-refractivity contribution is -0.140. The Hall–Kier alpha value is -4.39. The van der Waals surface area contributed by atoms with Gasteiger partial charge < -0.3 is 31.5 Å². The highest BCUT2D eigenvalue weighted by Gasteiger charge is 2.15. The average Bonchev–Trinajstić information content (AvgIpc) is 2.84. The van der Waals surface area contributed by atoms with E-state index in [2.05, 4.69) is 30.6 Å². The molecule has 0 aliphatic carbocycles. The zero-order chi connectivity index (χ0) is 26.0. The third kappa shape index (κ3) is 7.85. The standard InChI is InChI=1S/C16H17N7O.C6H11NO4/c1-18-16-21-14(17)13-15(22-16)19-7-11(20-13)8-23(2)12-5-3-10(9-24)4-6-12;1-7-4(6(10)11)2-3-5(8)9/h3-7,9H,8H2,1-2H3,(H3,17,18,19,21,22);4,7H,2-3H2,1H3,(H,8,9)(H,10,11)/t;4-/m.0/s1. The third-order valence-corrected chi connectivity index (χ3v) is 4.87. The second-order valence-electron chi connectivity index (χ2n) is 7.39. The van der Waals surface area contributed by atoms with E-state index in [-0.39, 0.29) is 18.7 Å². The first-order valence-electron chi connectivity index (χ1n) is 10.5. The van der Waals surface area contributed by atoms with Crippen LogP contribution in [0.15, 0.2) is 30.5 Å². The fourth-order valence-corrected chi connectivity index (χ4v) is 2.95. The van der Waals surface area contributed by atoms with Crippen molar-refractivity contribution in [3.05, 3.63) is 41.7 Å². The molecule has 13 heteroatoms. The van der Waals surface area contributed by atoms with Crippen molar-refractivity contribution in [1.82, 2.24) is 25.3 Å². The van der Waals surface area contributed by atoms with Gasteiger partial charge in [-0.1, -0.05) is 0 Å². The summed E-state index contributed by atoms with van der Waals surface area (Å²) < 4.78 is 0. The number of carboxylic acid groups (broad SMARTS) is 2. The van der Waals surface area contributed by atoms with E-state index in [9.17, 15) is 14.4 Å². The number of aliphatic carboxylic acids is 2. The molecule has 2 heterocycles. The number of nitrogens with two attached hydrogens (primary N) is 1. The number of nitrogens with one attached hydrogen (secondary N) is 2. The highest BCUT2D eigenvalue weighted by Crippen LogP contribution is 2.18. The molecule has 3 aromatic rings. The summed E-state index contributed by atoms with van der Waals surface area (Å²) in [6.07, 6.45) is 2.48. The predicted molar refractivity (Wildman–Crippen MR) is 130 cm³/mol. The monoisotopic (exact) mass is 484 g/mol. The molecule has 0 aliphatic rings. The molecule has 0 saturated carbocycles. The van der Waals surface area contributed by atoms with Crippen LogP contribution in [0, 0.1) is 0 Å². The lowest BCUT2D eigenvalue weighted by Gasteiger charge is -2.19. The molecule has 2 aromatic heterocycles. The maximum absolute atomic E-state index is 10.7. The fraction of sp³-hybridized carbons (Fsp3) is 0.318. The number of anilines is 3. The highest BCUT2D eigenvalue weighted by molar-refractivity contribution is 5.82. The van der Waals surface area contributed by atoms with E-state index in [0.29, 0.717) is 29.2 Å². The molecule has 0 aliphatic heterocycles. The number of carbonyl (C=O) groups excluding carboxylic acids is 1. The van der Waals surface area contributed by atoms with Gasteiger partial charge in [-0.15, -0.1) is 0 Å². The van der Waals surface area contributed by atoms with Crippen molar-refractivity contribution in [2.45, 2.75) is 25.4 Å².